The minimum Gasteiger partial charge on any atom is -0.497 e. The van der Waals surface area contributed by atoms with Crippen LogP contribution in [0.1, 0.15) is 6.42 Å². The topological polar surface area (TPSA) is 67.5 Å². The summed E-state index contributed by atoms with van der Waals surface area (Å²) in [5.41, 5.74) is 2.95. The van der Waals surface area contributed by atoms with Gasteiger partial charge in [0.15, 0.2) is 6.10 Å². The molecule has 1 fully saturated rings. The monoisotopic (exact) mass is 349 g/mol. The fourth-order valence-electron chi connectivity index (χ4n) is 3.10. The van der Waals surface area contributed by atoms with E-state index in [1.807, 2.05) is 48.7 Å². The molecule has 1 N–H and O–H groups in total. The molecule has 1 atom stereocenters. The highest BCUT2D eigenvalue weighted by atomic mass is 16.5. The molecule has 6 heteroatoms. The van der Waals surface area contributed by atoms with Gasteiger partial charge in [-0.15, -0.1) is 0 Å². The lowest BCUT2D eigenvalue weighted by molar-refractivity contribution is -0.122. The first-order valence-corrected chi connectivity index (χ1v) is 8.46. The van der Waals surface area contributed by atoms with E-state index in [1.54, 1.807) is 24.3 Å². The van der Waals surface area contributed by atoms with Crippen molar-refractivity contribution in [1.82, 2.24) is 10.2 Å². The van der Waals surface area contributed by atoms with Crippen LogP contribution in [0.5, 0.6) is 11.5 Å². The van der Waals surface area contributed by atoms with Crippen molar-refractivity contribution in [3.05, 3.63) is 60.9 Å². The predicted molar refractivity (Wildman–Crippen MR) is 98.4 cm³/mol. The fourth-order valence-corrected chi connectivity index (χ4v) is 3.10. The molecule has 6 nitrogen and oxygen atoms in total. The molecule has 1 saturated heterocycles. The number of carbonyl (C=O) groups is 1. The number of aromatic nitrogens is 2. The average molecular weight is 349 g/mol. The molecule has 2 heterocycles. The number of aromatic amines is 1. The Balaban J connectivity index is 1.46. The molecule has 1 amide bonds. The molecule has 1 aromatic heterocycles. The Labute approximate surface area is 151 Å². The molecule has 0 aliphatic carbocycles. The number of hydrogen-bond donors (Lipinski definition) is 1. The Hall–Kier alpha value is -3.28. The number of rotatable bonds is 5. The van der Waals surface area contributed by atoms with Gasteiger partial charge in [-0.2, -0.15) is 5.10 Å². The van der Waals surface area contributed by atoms with Crippen LogP contribution in [0.4, 0.5) is 5.69 Å². The quantitative estimate of drug-likeness (QED) is 0.768. The molecule has 0 bridgehead atoms. The molecule has 1 aliphatic heterocycles. The van der Waals surface area contributed by atoms with E-state index in [0.29, 0.717) is 24.5 Å². The van der Waals surface area contributed by atoms with Gasteiger partial charge in [-0.3, -0.25) is 9.89 Å². The molecule has 0 radical (unpaired) electrons. The van der Waals surface area contributed by atoms with Crippen molar-refractivity contribution in [3.63, 3.8) is 0 Å². The van der Waals surface area contributed by atoms with Crippen molar-refractivity contribution in [2.75, 3.05) is 18.6 Å². The van der Waals surface area contributed by atoms with Gasteiger partial charge >= 0.3 is 0 Å². The first kappa shape index (κ1) is 16.2. The smallest absolute Gasteiger partial charge is 0.268 e. The summed E-state index contributed by atoms with van der Waals surface area (Å²) in [7, 11) is 1.61. The average Bonchev–Trinajstić information content (AvgIpc) is 3.33. The van der Waals surface area contributed by atoms with Crippen LogP contribution in [0.3, 0.4) is 0 Å². The van der Waals surface area contributed by atoms with Crippen molar-refractivity contribution in [2.45, 2.75) is 12.5 Å². The number of nitrogens with one attached hydrogen (secondary N) is 1. The number of benzene rings is 2. The lowest BCUT2D eigenvalue weighted by Gasteiger charge is -2.18. The van der Waals surface area contributed by atoms with Crippen molar-refractivity contribution in [1.29, 1.82) is 0 Å². The minimum atomic E-state index is -0.476. The molecular weight excluding hydrogens is 330 g/mol. The number of anilines is 1. The number of ether oxygens (including phenoxy) is 2. The highest BCUT2D eigenvalue weighted by Gasteiger charge is 2.34. The standard InChI is InChI=1S/C20H19N3O3/c1-25-17-3-2-4-18(11-17)26-19-9-10-23(20(19)24)16-7-5-14(6-8-16)15-12-21-22-13-15/h2-8,11-13,19H,9-10H2,1H3,(H,21,22). The summed E-state index contributed by atoms with van der Waals surface area (Å²) in [4.78, 5) is 14.5. The van der Waals surface area contributed by atoms with E-state index >= 15 is 0 Å². The highest BCUT2D eigenvalue weighted by molar-refractivity contribution is 5.99. The van der Waals surface area contributed by atoms with Crippen LogP contribution in [0, 0.1) is 0 Å². The maximum absolute atomic E-state index is 12.7. The second kappa shape index (κ2) is 6.92. The second-order valence-electron chi connectivity index (χ2n) is 6.10. The molecule has 2 aromatic carbocycles. The SMILES string of the molecule is COc1cccc(OC2CCN(c3ccc(-c4cn[nH]c4)cc3)C2=O)c1. The summed E-state index contributed by atoms with van der Waals surface area (Å²) in [6.45, 7) is 0.637. The molecular formula is C20H19N3O3. The molecule has 3 aromatic rings. The Morgan fingerprint density at radius 1 is 1.12 bits per heavy atom. The van der Waals surface area contributed by atoms with E-state index in [9.17, 15) is 4.79 Å². The number of amides is 1. The van der Waals surface area contributed by atoms with Gasteiger partial charge in [0, 0.05) is 36.5 Å². The van der Waals surface area contributed by atoms with Crippen LogP contribution >= 0.6 is 0 Å². The minimum absolute atomic E-state index is 0.0242. The number of nitrogens with zero attached hydrogens (tertiary/aromatic N) is 2. The van der Waals surface area contributed by atoms with Crippen LogP contribution in [0.15, 0.2) is 60.9 Å². The van der Waals surface area contributed by atoms with Crippen LogP contribution in [-0.2, 0) is 4.79 Å². The Bertz CT molecular complexity index is 891. The molecule has 1 unspecified atom stereocenters. The third-order valence-electron chi connectivity index (χ3n) is 4.49. The Morgan fingerprint density at radius 2 is 1.92 bits per heavy atom. The van der Waals surface area contributed by atoms with Crippen molar-refractivity contribution < 1.29 is 14.3 Å². The first-order chi connectivity index (χ1) is 12.7. The Kier molecular flexibility index (Phi) is 4.31. The predicted octanol–water partition coefficient (Wildman–Crippen LogP) is 3.27. The van der Waals surface area contributed by atoms with Gasteiger partial charge < -0.3 is 14.4 Å². The van der Waals surface area contributed by atoms with Crippen molar-refractivity contribution in [2.24, 2.45) is 0 Å². The summed E-state index contributed by atoms with van der Waals surface area (Å²) in [5.74, 6) is 1.32. The third kappa shape index (κ3) is 3.13. The van der Waals surface area contributed by atoms with E-state index in [1.165, 1.54) is 0 Å². The van der Waals surface area contributed by atoms with E-state index < -0.39 is 6.10 Å². The molecule has 26 heavy (non-hydrogen) atoms. The molecule has 1 aliphatic rings. The summed E-state index contributed by atoms with van der Waals surface area (Å²) >= 11 is 0. The lowest BCUT2D eigenvalue weighted by atomic mass is 10.1. The van der Waals surface area contributed by atoms with Crippen LogP contribution in [0.2, 0.25) is 0 Å². The van der Waals surface area contributed by atoms with Crippen LogP contribution in [-0.4, -0.2) is 35.9 Å². The van der Waals surface area contributed by atoms with Gasteiger partial charge in [0.25, 0.3) is 5.91 Å². The van der Waals surface area contributed by atoms with Gasteiger partial charge in [-0.1, -0.05) is 18.2 Å². The molecule has 0 saturated carbocycles. The summed E-state index contributed by atoms with van der Waals surface area (Å²) in [6.07, 6.45) is 3.79. The normalized spacial score (nSPS) is 16.7. The van der Waals surface area contributed by atoms with Crippen LogP contribution < -0.4 is 14.4 Å². The van der Waals surface area contributed by atoms with E-state index in [2.05, 4.69) is 10.2 Å². The van der Waals surface area contributed by atoms with Crippen LogP contribution in [0.25, 0.3) is 11.1 Å². The number of H-pyrrole nitrogens is 1. The van der Waals surface area contributed by atoms with Crippen molar-refractivity contribution in [3.8, 4) is 22.6 Å². The third-order valence-corrected chi connectivity index (χ3v) is 4.49. The Morgan fingerprint density at radius 3 is 2.65 bits per heavy atom. The van der Waals surface area contributed by atoms with Gasteiger partial charge in [-0.05, 0) is 29.8 Å². The van der Waals surface area contributed by atoms with Gasteiger partial charge in [0.1, 0.15) is 11.5 Å². The molecule has 0 spiro atoms. The van der Waals surface area contributed by atoms with Crippen molar-refractivity contribution >= 4 is 11.6 Å². The summed E-state index contributed by atoms with van der Waals surface area (Å²) in [5, 5.41) is 6.76. The second-order valence-corrected chi connectivity index (χ2v) is 6.10. The number of hydrogen-bond acceptors (Lipinski definition) is 4. The number of methoxy groups -OCH3 is 1. The van der Waals surface area contributed by atoms with E-state index in [4.69, 9.17) is 9.47 Å². The molecule has 132 valence electrons. The zero-order chi connectivity index (χ0) is 17.9. The maximum Gasteiger partial charge on any atom is 0.268 e. The zero-order valence-electron chi connectivity index (χ0n) is 14.4. The lowest BCUT2D eigenvalue weighted by Crippen LogP contribution is -2.32. The fraction of sp³-hybridized carbons (Fsp3) is 0.200. The van der Waals surface area contributed by atoms with E-state index in [-0.39, 0.29) is 5.91 Å². The van der Waals surface area contributed by atoms with E-state index in [0.717, 1.165) is 16.8 Å². The molecule has 4 rings (SSSR count). The van der Waals surface area contributed by atoms with Gasteiger partial charge in [-0.25, -0.2) is 0 Å². The highest BCUT2D eigenvalue weighted by Crippen LogP contribution is 2.28. The van der Waals surface area contributed by atoms with Gasteiger partial charge in [0.2, 0.25) is 0 Å². The summed E-state index contributed by atoms with van der Waals surface area (Å²) in [6, 6.07) is 15.2. The van der Waals surface area contributed by atoms with Gasteiger partial charge in [0.05, 0.1) is 13.3 Å². The number of carbonyl (C=O) groups excluding carboxylic acids is 1. The zero-order valence-corrected chi connectivity index (χ0v) is 14.4. The first-order valence-electron chi connectivity index (χ1n) is 8.46. The summed E-state index contributed by atoms with van der Waals surface area (Å²) < 4.78 is 11.1. The largest absolute Gasteiger partial charge is 0.497 e. The maximum atomic E-state index is 12.7.